The van der Waals surface area contributed by atoms with Crippen molar-refractivity contribution in [1.29, 1.82) is 0 Å². The van der Waals surface area contributed by atoms with E-state index in [0.29, 0.717) is 23.1 Å². The molecule has 0 radical (unpaired) electrons. The van der Waals surface area contributed by atoms with Crippen LogP contribution in [-0.4, -0.2) is 26.9 Å². The van der Waals surface area contributed by atoms with Crippen molar-refractivity contribution < 1.29 is 15.2 Å². The first kappa shape index (κ1) is 14.4. The average Bonchev–Trinajstić information content (AvgIpc) is 2.77. The standard InChI is InChI=1S/C13H18N4O3/c1-8(2)12-13(17(18)19)16(9(3)15-12)10-5-6-14-11(7-10)20-4/h5-8,17-18H,1-4H3. The summed E-state index contributed by atoms with van der Waals surface area (Å²) in [6.07, 6.45) is 1.58. The topological polar surface area (TPSA) is 87.7 Å². The number of rotatable bonds is 4. The Morgan fingerprint density at radius 3 is 2.70 bits per heavy atom. The van der Waals surface area contributed by atoms with Crippen molar-refractivity contribution in [2.45, 2.75) is 26.7 Å². The van der Waals surface area contributed by atoms with Gasteiger partial charge in [-0.3, -0.25) is 0 Å². The van der Waals surface area contributed by atoms with Gasteiger partial charge in [0.15, 0.2) is 0 Å². The van der Waals surface area contributed by atoms with Crippen molar-refractivity contribution in [2.75, 3.05) is 7.11 Å². The predicted octanol–water partition coefficient (Wildman–Crippen LogP) is 1.11. The Morgan fingerprint density at radius 1 is 1.45 bits per heavy atom. The molecule has 108 valence electrons. The molecule has 0 aliphatic carbocycles. The van der Waals surface area contributed by atoms with Gasteiger partial charge in [-0.25, -0.2) is 19.7 Å². The molecule has 2 aromatic rings. The third-order valence-corrected chi connectivity index (χ3v) is 3.01. The maximum Gasteiger partial charge on any atom is 0.267 e. The SMILES string of the molecule is COc1cc(-n2c(C)nc(C(C)C)c2[NH+]([O-])O)ccn1. The van der Waals surface area contributed by atoms with E-state index in [4.69, 9.17) is 4.74 Å². The van der Waals surface area contributed by atoms with Crippen molar-refractivity contribution in [3.8, 4) is 11.6 Å². The Bertz CT molecular complexity index is 608. The van der Waals surface area contributed by atoms with Gasteiger partial charge in [0.2, 0.25) is 5.88 Å². The van der Waals surface area contributed by atoms with Crippen LogP contribution in [0.2, 0.25) is 0 Å². The van der Waals surface area contributed by atoms with Gasteiger partial charge in [-0.05, 0) is 13.0 Å². The largest absolute Gasteiger partial charge is 0.594 e. The lowest BCUT2D eigenvalue weighted by Gasteiger charge is -2.17. The van der Waals surface area contributed by atoms with E-state index in [0.717, 1.165) is 0 Å². The molecule has 0 aromatic carbocycles. The number of methoxy groups -OCH3 is 1. The van der Waals surface area contributed by atoms with Crippen molar-refractivity contribution in [1.82, 2.24) is 14.5 Å². The minimum atomic E-state index is -0.995. The molecule has 7 heteroatoms. The molecule has 1 atom stereocenters. The summed E-state index contributed by atoms with van der Waals surface area (Å²) >= 11 is 0. The van der Waals surface area contributed by atoms with Gasteiger partial charge in [-0.15, -0.1) is 0 Å². The van der Waals surface area contributed by atoms with Gasteiger partial charge in [0.1, 0.15) is 11.5 Å². The van der Waals surface area contributed by atoms with Crippen LogP contribution in [0.4, 0.5) is 5.82 Å². The minimum absolute atomic E-state index is 0.0322. The number of nitrogens with zero attached hydrogens (tertiary/aromatic N) is 3. The molecule has 2 rings (SSSR count). The van der Waals surface area contributed by atoms with Crippen LogP contribution in [0.3, 0.4) is 0 Å². The Kier molecular flexibility index (Phi) is 4.03. The zero-order chi connectivity index (χ0) is 14.9. The number of aromatic nitrogens is 3. The second kappa shape index (κ2) is 5.58. The molecule has 2 heterocycles. The molecule has 0 fully saturated rings. The van der Waals surface area contributed by atoms with Crippen LogP contribution in [0.15, 0.2) is 18.3 Å². The van der Waals surface area contributed by atoms with Crippen molar-refractivity contribution in [2.24, 2.45) is 0 Å². The Balaban J connectivity index is 2.66. The average molecular weight is 278 g/mol. The van der Waals surface area contributed by atoms with Crippen LogP contribution < -0.4 is 9.96 Å². The molecule has 2 aromatic heterocycles. The molecule has 0 spiro atoms. The van der Waals surface area contributed by atoms with Crippen molar-refractivity contribution >= 4 is 5.82 Å². The van der Waals surface area contributed by atoms with Gasteiger partial charge in [0, 0.05) is 18.2 Å². The summed E-state index contributed by atoms with van der Waals surface area (Å²) in [4.78, 5) is 8.41. The third kappa shape index (κ3) is 2.51. The zero-order valence-electron chi connectivity index (χ0n) is 11.9. The first-order chi connectivity index (χ1) is 9.45. The van der Waals surface area contributed by atoms with E-state index in [1.54, 1.807) is 29.8 Å². The van der Waals surface area contributed by atoms with Gasteiger partial charge in [-0.1, -0.05) is 13.8 Å². The van der Waals surface area contributed by atoms with Crippen LogP contribution in [0.25, 0.3) is 5.69 Å². The Morgan fingerprint density at radius 2 is 2.15 bits per heavy atom. The molecule has 0 amide bonds. The van der Waals surface area contributed by atoms with Gasteiger partial charge in [-0.2, -0.15) is 5.23 Å². The fraction of sp³-hybridized carbons (Fsp3) is 0.385. The first-order valence-electron chi connectivity index (χ1n) is 6.28. The molecule has 0 saturated heterocycles. The highest BCUT2D eigenvalue weighted by Gasteiger charge is 2.24. The Hall–Kier alpha value is -1.96. The molecule has 0 aliphatic heterocycles. The number of imidazole rings is 1. The minimum Gasteiger partial charge on any atom is -0.594 e. The lowest BCUT2D eigenvalue weighted by molar-refractivity contribution is -0.994. The third-order valence-electron chi connectivity index (χ3n) is 3.01. The van der Waals surface area contributed by atoms with E-state index in [1.165, 1.54) is 7.11 Å². The lowest BCUT2D eigenvalue weighted by Crippen LogP contribution is -3.00. The van der Waals surface area contributed by atoms with Crippen LogP contribution in [-0.2, 0) is 0 Å². The van der Waals surface area contributed by atoms with E-state index >= 15 is 0 Å². The van der Waals surface area contributed by atoms with E-state index < -0.39 is 5.23 Å². The van der Waals surface area contributed by atoms with Gasteiger partial charge in [0.05, 0.1) is 12.8 Å². The smallest absolute Gasteiger partial charge is 0.267 e. The van der Waals surface area contributed by atoms with Crippen LogP contribution in [0.1, 0.15) is 31.3 Å². The summed E-state index contributed by atoms with van der Waals surface area (Å²) < 4.78 is 6.69. The van der Waals surface area contributed by atoms with Crippen LogP contribution in [0.5, 0.6) is 5.88 Å². The monoisotopic (exact) mass is 278 g/mol. The molecule has 20 heavy (non-hydrogen) atoms. The molecular formula is C13H18N4O3. The number of nitrogens with one attached hydrogen (secondary N) is 1. The van der Waals surface area contributed by atoms with Crippen LogP contribution in [0, 0.1) is 12.1 Å². The molecule has 0 saturated carbocycles. The number of aryl methyl sites for hydroxylation is 1. The van der Waals surface area contributed by atoms with E-state index in [-0.39, 0.29) is 11.7 Å². The fourth-order valence-electron chi connectivity index (χ4n) is 2.13. The second-order valence-electron chi connectivity index (χ2n) is 4.74. The molecule has 7 nitrogen and oxygen atoms in total. The van der Waals surface area contributed by atoms with E-state index in [1.807, 2.05) is 13.8 Å². The highest BCUT2D eigenvalue weighted by atomic mass is 16.8. The molecular weight excluding hydrogens is 260 g/mol. The number of pyridine rings is 1. The van der Waals surface area contributed by atoms with E-state index in [2.05, 4.69) is 9.97 Å². The normalized spacial score (nSPS) is 12.8. The highest BCUT2D eigenvalue weighted by molar-refractivity contribution is 5.45. The van der Waals surface area contributed by atoms with Gasteiger partial charge in [0.25, 0.3) is 5.82 Å². The predicted molar refractivity (Wildman–Crippen MR) is 72.5 cm³/mol. The van der Waals surface area contributed by atoms with Crippen molar-refractivity contribution in [3.05, 3.63) is 35.1 Å². The summed E-state index contributed by atoms with van der Waals surface area (Å²) in [5.74, 6) is 1.27. The molecule has 0 bridgehead atoms. The molecule has 2 N–H and O–H groups in total. The highest BCUT2D eigenvalue weighted by Crippen LogP contribution is 2.26. The lowest BCUT2D eigenvalue weighted by atomic mass is 10.1. The number of quaternary nitrogens is 1. The summed E-state index contributed by atoms with van der Waals surface area (Å²) in [5, 5.41) is 20.1. The Labute approximate surface area is 117 Å². The number of ether oxygens (including phenoxy) is 1. The summed E-state index contributed by atoms with van der Waals surface area (Å²) in [6, 6.07) is 3.42. The van der Waals surface area contributed by atoms with Gasteiger partial charge < -0.3 is 9.94 Å². The summed E-state index contributed by atoms with van der Waals surface area (Å²) in [6.45, 7) is 5.63. The molecule has 1 unspecified atom stereocenters. The van der Waals surface area contributed by atoms with E-state index in [9.17, 15) is 10.4 Å². The van der Waals surface area contributed by atoms with Crippen LogP contribution >= 0.6 is 0 Å². The maximum absolute atomic E-state index is 11.6. The zero-order valence-corrected chi connectivity index (χ0v) is 11.9. The van der Waals surface area contributed by atoms with Crippen molar-refractivity contribution in [3.63, 3.8) is 0 Å². The summed E-state index contributed by atoms with van der Waals surface area (Å²) in [7, 11) is 1.52. The summed E-state index contributed by atoms with van der Waals surface area (Å²) in [5.41, 5.74) is 1.25. The first-order valence-corrected chi connectivity index (χ1v) is 6.28. The maximum atomic E-state index is 11.6. The quantitative estimate of drug-likeness (QED) is 0.818. The number of hydrogen-bond donors (Lipinski definition) is 2. The van der Waals surface area contributed by atoms with Gasteiger partial charge >= 0.3 is 0 Å². The molecule has 0 aliphatic rings. The second-order valence-corrected chi connectivity index (χ2v) is 4.74. The fourth-order valence-corrected chi connectivity index (χ4v) is 2.13. The number of hydrogen-bond acceptors (Lipinski definition) is 5.